The Labute approximate surface area is 109 Å². The molecule has 0 amide bonds. The second-order valence-electron chi connectivity index (χ2n) is 5.18. The minimum Gasteiger partial charge on any atom is -0.491 e. The van der Waals surface area contributed by atoms with Crippen LogP contribution >= 0.6 is 11.6 Å². The lowest BCUT2D eigenvalue weighted by atomic mass is 9.97. The van der Waals surface area contributed by atoms with E-state index in [2.05, 4.69) is 12.1 Å². The Morgan fingerprint density at radius 3 is 2.24 bits per heavy atom. The molecule has 1 nitrogen and oxygen atoms in total. The Morgan fingerprint density at radius 1 is 1.12 bits per heavy atom. The molecule has 1 aromatic carbocycles. The van der Waals surface area contributed by atoms with E-state index in [4.69, 9.17) is 16.3 Å². The normalized spacial score (nSPS) is 18.6. The molecule has 0 aliphatic heterocycles. The minimum atomic E-state index is 0.172. The van der Waals surface area contributed by atoms with Crippen LogP contribution in [0.25, 0.3) is 0 Å². The molecule has 1 fully saturated rings. The molecule has 2 heteroatoms. The van der Waals surface area contributed by atoms with Gasteiger partial charge in [-0.25, -0.2) is 0 Å². The van der Waals surface area contributed by atoms with E-state index in [1.165, 1.54) is 31.2 Å². The van der Waals surface area contributed by atoms with Crippen LogP contribution in [0.15, 0.2) is 24.3 Å². The molecule has 0 saturated heterocycles. The van der Waals surface area contributed by atoms with Gasteiger partial charge in [0, 0.05) is 0 Å². The maximum Gasteiger partial charge on any atom is 0.119 e. The van der Waals surface area contributed by atoms with Crippen molar-refractivity contribution in [2.45, 2.75) is 51.0 Å². The van der Waals surface area contributed by atoms with Gasteiger partial charge in [0.25, 0.3) is 0 Å². The molecule has 0 radical (unpaired) electrons. The van der Waals surface area contributed by atoms with Crippen LogP contribution in [0, 0.1) is 5.92 Å². The third-order valence-corrected chi connectivity index (χ3v) is 3.99. The number of rotatable bonds is 4. The second kappa shape index (κ2) is 5.77. The van der Waals surface area contributed by atoms with Crippen LogP contribution in [0.5, 0.6) is 5.75 Å². The first-order chi connectivity index (χ1) is 8.16. The fraction of sp³-hybridized carbons (Fsp3) is 0.600. The van der Waals surface area contributed by atoms with Crippen molar-refractivity contribution in [1.29, 1.82) is 0 Å². The molecule has 1 aliphatic rings. The van der Waals surface area contributed by atoms with Gasteiger partial charge in [-0.15, -0.1) is 11.6 Å². The number of alkyl halides is 1. The van der Waals surface area contributed by atoms with Crippen molar-refractivity contribution >= 4 is 11.6 Å². The molecular formula is C15H21ClO. The average molecular weight is 253 g/mol. The Bertz CT molecular complexity index is 338. The Hall–Kier alpha value is -0.690. The van der Waals surface area contributed by atoms with E-state index in [0.29, 0.717) is 5.92 Å². The summed E-state index contributed by atoms with van der Waals surface area (Å²) in [6.45, 7) is 4.08. The average Bonchev–Trinajstić information content (AvgIpc) is 2.82. The molecule has 0 spiro atoms. The summed E-state index contributed by atoms with van der Waals surface area (Å²) < 4.78 is 5.63. The summed E-state index contributed by atoms with van der Waals surface area (Å²) in [6, 6.07) is 8.26. The molecular weight excluding hydrogens is 232 g/mol. The SMILES string of the molecule is CC(C)Oc1ccc(C(Cl)C2CCCC2)cc1. The molecule has 17 heavy (non-hydrogen) atoms. The van der Waals surface area contributed by atoms with E-state index in [0.717, 1.165) is 5.75 Å². The van der Waals surface area contributed by atoms with Crippen LogP contribution in [-0.2, 0) is 0 Å². The quantitative estimate of drug-likeness (QED) is 0.690. The highest BCUT2D eigenvalue weighted by Crippen LogP contribution is 2.40. The van der Waals surface area contributed by atoms with Crippen molar-refractivity contribution in [2.75, 3.05) is 0 Å². The highest BCUT2D eigenvalue weighted by Gasteiger charge is 2.24. The van der Waals surface area contributed by atoms with Gasteiger partial charge in [-0.2, -0.15) is 0 Å². The zero-order valence-corrected chi connectivity index (χ0v) is 11.4. The van der Waals surface area contributed by atoms with E-state index >= 15 is 0 Å². The van der Waals surface area contributed by atoms with Crippen LogP contribution in [-0.4, -0.2) is 6.10 Å². The van der Waals surface area contributed by atoms with Crippen molar-refractivity contribution in [1.82, 2.24) is 0 Å². The van der Waals surface area contributed by atoms with Gasteiger partial charge >= 0.3 is 0 Å². The maximum atomic E-state index is 6.53. The van der Waals surface area contributed by atoms with Crippen molar-refractivity contribution < 1.29 is 4.74 Å². The third kappa shape index (κ3) is 3.38. The van der Waals surface area contributed by atoms with Crippen molar-refractivity contribution in [3.8, 4) is 5.75 Å². The van der Waals surface area contributed by atoms with Gasteiger partial charge < -0.3 is 4.74 Å². The summed E-state index contributed by atoms with van der Waals surface area (Å²) in [4.78, 5) is 0. The van der Waals surface area contributed by atoms with E-state index in [9.17, 15) is 0 Å². The lowest BCUT2D eigenvalue weighted by molar-refractivity contribution is 0.242. The van der Waals surface area contributed by atoms with Crippen LogP contribution in [0.1, 0.15) is 50.5 Å². The van der Waals surface area contributed by atoms with E-state index < -0.39 is 0 Å². The number of hydrogen-bond donors (Lipinski definition) is 0. The van der Waals surface area contributed by atoms with Gasteiger partial charge in [0.15, 0.2) is 0 Å². The summed E-state index contributed by atoms with van der Waals surface area (Å²) in [5.74, 6) is 1.59. The first-order valence-corrected chi connectivity index (χ1v) is 7.01. The summed E-state index contributed by atoms with van der Waals surface area (Å²) in [6.07, 6.45) is 5.45. The molecule has 1 saturated carbocycles. The van der Waals surface area contributed by atoms with E-state index in [1.807, 2.05) is 26.0 Å². The third-order valence-electron chi connectivity index (χ3n) is 3.38. The highest BCUT2D eigenvalue weighted by molar-refractivity contribution is 6.21. The van der Waals surface area contributed by atoms with Crippen LogP contribution in [0.2, 0.25) is 0 Å². The molecule has 0 aromatic heterocycles. The molecule has 0 N–H and O–H groups in total. The van der Waals surface area contributed by atoms with E-state index in [1.54, 1.807) is 0 Å². The van der Waals surface area contributed by atoms with Gasteiger partial charge in [-0.1, -0.05) is 25.0 Å². The number of halogens is 1. The monoisotopic (exact) mass is 252 g/mol. The fourth-order valence-electron chi connectivity index (χ4n) is 2.52. The molecule has 2 rings (SSSR count). The predicted octanol–water partition coefficient (Wildman–Crippen LogP) is 4.94. The van der Waals surface area contributed by atoms with Gasteiger partial charge in [-0.3, -0.25) is 0 Å². The van der Waals surface area contributed by atoms with E-state index in [-0.39, 0.29) is 11.5 Å². The van der Waals surface area contributed by atoms with Gasteiger partial charge in [0.05, 0.1) is 11.5 Å². The second-order valence-corrected chi connectivity index (χ2v) is 5.65. The molecule has 1 aromatic rings. The van der Waals surface area contributed by atoms with Crippen LogP contribution < -0.4 is 4.74 Å². The summed E-state index contributed by atoms with van der Waals surface area (Å²) in [5, 5.41) is 0.172. The molecule has 1 unspecified atom stereocenters. The van der Waals surface area contributed by atoms with Crippen molar-refractivity contribution in [2.24, 2.45) is 5.92 Å². The van der Waals surface area contributed by atoms with Crippen molar-refractivity contribution in [3.63, 3.8) is 0 Å². The maximum absolute atomic E-state index is 6.53. The lowest BCUT2D eigenvalue weighted by Gasteiger charge is -2.17. The number of ether oxygens (including phenoxy) is 1. The highest BCUT2D eigenvalue weighted by atomic mass is 35.5. The topological polar surface area (TPSA) is 9.23 Å². The van der Waals surface area contributed by atoms with Crippen LogP contribution in [0.4, 0.5) is 0 Å². The Morgan fingerprint density at radius 2 is 1.71 bits per heavy atom. The summed E-state index contributed by atoms with van der Waals surface area (Å²) >= 11 is 6.53. The number of hydrogen-bond acceptors (Lipinski definition) is 1. The van der Waals surface area contributed by atoms with Crippen LogP contribution in [0.3, 0.4) is 0 Å². The molecule has 0 heterocycles. The first-order valence-electron chi connectivity index (χ1n) is 6.57. The zero-order valence-electron chi connectivity index (χ0n) is 10.7. The Balaban J connectivity index is 2.01. The standard InChI is InChI=1S/C15H21ClO/c1-11(2)17-14-9-7-13(8-10-14)15(16)12-5-3-4-6-12/h7-12,15H,3-6H2,1-2H3. The van der Waals surface area contributed by atoms with Gasteiger partial charge in [0.1, 0.15) is 5.75 Å². The fourth-order valence-corrected chi connectivity index (χ4v) is 2.92. The summed E-state index contributed by atoms with van der Waals surface area (Å²) in [7, 11) is 0. The molecule has 1 aliphatic carbocycles. The van der Waals surface area contributed by atoms with Gasteiger partial charge in [-0.05, 0) is 50.3 Å². The number of benzene rings is 1. The van der Waals surface area contributed by atoms with Gasteiger partial charge in [0.2, 0.25) is 0 Å². The molecule has 0 bridgehead atoms. The lowest BCUT2D eigenvalue weighted by Crippen LogP contribution is -2.06. The molecule has 1 atom stereocenters. The first kappa shape index (κ1) is 12.8. The minimum absolute atomic E-state index is 0.172. The van der Waals surface area contributed by atoms with Crippen molar-refractivity contribution in [3.05, 3.63) is 29.8 Å². The predicted molar refractivity (Wildman–Crippen MR) is 72.8 cm³/mol. The Kier molecular flexibility index (Phi) is 4.33. The molecule has 94 valence electrons. The largest absolute Gasteiger partial charge is 0.491 e. The smallest absolute Gasteiger partial charge is 0.119 e. The zero-order chi connectivity index (χ0) is 12.3. The summed E-state index contributed by atoms with van der Waals surface area (Å²) in [5.41, 5.74) is 1.23.